The second kappa shape index (κ2) is 6.40. The lowest BCUT2D eigenvalue weighted by Gasteiger charge is -2.06. The van der Waals surface area contributed by atoms with Gasteiger partial charge in [0, 0.05) is 10.0 Å². The molecule has 0 saturated heterocycles. The molecule has 0 amide bonds. The first-order valence-electron chi connectivity index (χ1n) is 4.54. The Labute approximate surface area is 101 Å². The molecule has 0 atom stereocenters. The fraction of sp³-hybridized carbons (Fsp3) is 0.182. The Bertz CT molecular complexity index is 407. The van der Waals surface area contributed by atoms with Crippen molar-refractivity contribution in [3.63, 3.8) is 0 Å². The topological polar surface area (TPSA) is 41.8 Å². The lowest BCUT2D eigenvalue weighted by Crippen LogP contribution is -2.12. The van der Waals surface area contributed by atoms with E-state index in [1.165, 1.54) is 12.1 Å². The lowest BCUT2D eigenvalue weighted by molar-refractivity contribution is 0.200. The first-order chi connectivity index (χ1) is 7.69. The minimum atomic E-state index is -0.460. The third-order valence-electron chi connectivity index (χ3n) is 1.83. The predicted octanol–water partition coefficient (Wildman–Crippen LogP) is 2.97. The quantitative estimate of drug-likeness (QED) is 0.297. The van der Waals surface area contributed by atoms with Gasteiger partial charge in [0.2, 0.25) is 0 Å². The van der Waals surface area contributed by atoms with Crippen molar-refractivity contribution in [1.82, 2.24) is 0 Å². The van der Waals surface area contributed by atoms with Crippen LogP contribution in [0.3, 0.4) is 0 Å². The van der Waals surface area contributed by atoms with Gasteiger partial charge < -0.3 is 9.94 Å². The molecule has 0 fully saturated rings. The maximum absolute atomic E-state index is 13.4. The van der Waals surface area contributed by atoms with Crippen LogP contribution in [-0.2, 0) is 4.74 Å². The molecule has 1 N–H and O–H groups in total. The highest BCUT2D eigenvalue weighted by molar-refractivity contribution is 9.10. The summed E-state index contributed by atoms with van der Waals surface area (Å²) in [6.45, 7) is 3.82. The number of nitrogens with zero attached hydrogens (tertiary/aromatic N) is 1. The van der Waals surface area contributed by atoms with E-state index in [1.807, 2.05) is 0 Å². The standard InChI is InChI=1S/C11H11BrFNO2/c1-2-5-16-7-11(14-15)9-6-8(12)3-4-10(9)13/h2-4,6,15H,1,5,7H2/b14-11-. The van der Waals surface area contributed by atoms with Crippen LogP contribution >= 0.6 is 15.9 Å². The van der Waals surface area contributed by atoms with Crippen LogP contribution in [0.4, 0.5) is 4.39 Å². The Kier molecular flexibility index (Phi) is 5.14. The normalized spacial score (nSPS) is 11.5. The summed E-state index contributed by atoms with van der Waals surface area (Å²) < 4.78 is 19.2. The van der Waals surface area contributed by atoms with Gasteiger partial charge in [-0.1, -0.05) is 27.2 Å². The Hall–Kier alpha value is -1.20. The van der Waals surface area contributed by atoms with Gasteiger partial charge in [0.15, 0.2) is 0 Å². The first-order valence-corrected chi connectivity index (χ1v) is 5.33. The molecule has 0 unspecified atom stereocenters. The molecule has 0 saturated carbocycles. The molecule has 3 nitrogen and oxygen atoms in total. The van der Waals surface area contributed by atoms with Crippen molar-refractivity contribution in [2.24, 2.45) is 5.16 Å². The maximum Gasteiger partial charge on any atom is 0.132 e. The van der Waals surface area contributed by atoms with Crippen molar-refractivity contribution in [3.05, 3.63) is 46.7 Å². The Balaban J connectivity index is 2.87. The van der Waals surface area contributed by atoms with E-state index >= 15 is 0 Å². The molecule has 5 heteroatoms. The van der Waals surface area contributed by atoms with E-state index in [-0.39, 0.29) is 17.9 Å². The zero-order valence-corrected chi connectivity index (χ0v) is 10.1. The summed E-state index contributed by atoms with van der Waals surface area (Å²) >= 11 is 3.22. The fourth-order valence-corrected chi connectivity index (χ4v) is 1.48. The molecule has 0 aromatic heterocycles. The Morgan fingerprint density at radius 3 is 3.00 bits per heavy atom. The smallest absolute Gasteiger partial charge is 0.132 e. The Morgan fingerprint density at radius 1 is 1.62 bits per heavy atom. The van der Waals surface area contributed by atoms with Crippen molar-refractivity contribution < 1.29 is 14.3 Å². The number of benzene rings is 1. The third-order valence-corrected chi connectivity index (χ3v) is 2.33. The Morgan fingerprint density at radius 2 is 2.38 bits per heavy atom. The molecule has 16 heavy (non-hydrogen) atoms. The van der Waals surface area contributed by atoms with Crippen molar-refractivity contribution in [2.45, 2.75) is 0 Å². The van der Waals surface area contributed by atoms with Gasteiger partial charge in [-0.3, -0.25) is 0 Å². The van der Waals surface area contributed by atoms with E-state index in [0.29, 0.717) is 11.1 Å². The van der Waals surface area contributed by atoms with Gasteiger partial charge in [-0.05, 0) is 18.2 Å². The van der Waals surface area contributed by atoms with Gasteiger partial charge in [-0.15, -0.1) is 6.58 Å². The van der Waals surface area contributed by atoms with Crippen LogP contribution in [-0.4, -0.2) is 24.1 Å². The third kappa shape index (κ3) is 3.43. The first kappa shape index (κ1) is 12.9. The van der Waals surface area contributed by atoms with E-state index in [4.69, 9.17) is 9.94 Å². The minimum absolute atomic E-state index is 0.0237. The minimum Gasteiger partial charge on any atom is -0.411 e. The van der Waals surface area contributed by atoms with E-state index in [9.17, 15) is 4.39 Å². The summed E-state index contributed by atoms with van der Waals surface area (Å²) in [7, 11) is 0. The van der Waals surface area contributed by atoms with E-state index < -0.39 is 5.82 Å². The zero-order valence-electron chi connectivity index (χ0n) is 8.49. The number of oxime groups is 1. The molecule has 86 valence electrons. The second-order valence-electron chi connectivity index (χ2n) is 2.97. The number of hydrogen-bond donors (Lipinski definition) is 1. The molecule has 0 spiro atoms. The number of hydrogen-bond acceptors (Lipinski definition) is 3. The second-order valence-corrected chi connectivity index (χ2v) is 3.89. The average Bonchev–Trinajstić information content (AvgIpc) is 2.28. The molecule has 0 heterocycles. The van der Waals surface area contributed by atoms with E-state index in [2.05, 4.69) is 27.7 Å². The molecular formula is C11H11BrFNO2. The molecule has 0 radical (unpaired) electrons. The van der Waals surface area contributed by atoms with Gasteiger partial charge in [0.05, 0.1) is 13.2 Å². The van der Waals surface area contributed by atoms with Crippen LogP contribution in [0.15, 0.2) is 40.5 Å². The highest BCUT2D eigenvalue weighted by Gasteiger charge is 2.10. The van der Waals surface area contributed by atoms with Gasteiger partial charge in [0.1, 0.15) is 11.5 Å². The maximum atomic E-state index is 13.4. The van der Waals surface area contributed by atoms with Gasteiger partial charge in [0.25, 0.3) is 0 Å². The van der Waals surface area contributed by atoms with Gasteiger partial charge in [-0.2, -0.15) is 0 Å². The summed E-state index contributed by atoms with van der Waals surface area (Å²) in [5, 5.41) is 11.8. The van der Waals surface area contributed by atoms with Crippen molar-refractivity contribution in [2.75, 3.05) is 13.2 Å². The highest BCUT2D eigenvalue weighted by Crippen LogP contribution is 2.16. The molecule has 0 aliphatic carbocycles. The summed E-state index contributed by atoms with van der Waals surface area (Å²) in [5.41, 5.74) is 0.349. The molecule has 1 aromatic rings. The molecular weight excluding hydrogens is 277 g/mol. The van der Waals surface area contributed by atoms with E-state index in [1.54, 1.807) is 12.1 Å². The van der Waals surface area contributed by atoms with Crippen molar-refractivity contribution in [3.8, 4) is 0 Å². The summed E-state index contributed by atoms with van der Waals surface area (Å²) in [4.78, 5) is 0. The SMILES string of the molecule is C=CCOC/C(=N/O)c1cc(Br)ccc1F. The van der Waals surface area contributed by atoms with Crippen LogP contribution in [0.5, 0.6) is 0 Å². The summed E-state index contributed by atoms with van der Waals surface area (Å²) in [6, 6.07) is 4.39. The number of rotatable bonds is 5. The number of halogens is 2. The van der Waals surface area contributed by atoms with Gasteiger partial charge >= 0.3 is 0 Å². The molecule has 0 aliphatic heterocycles. The summed E-state index contributed by atoms with van der Waals surface area (Å²) in [5.74, 6) is -0.460. The predicted molar refractivity (Wildman–Crippen MR) is 63.4 cm³/mol. The van der Waals surface area contributed by atoms with Crippen molar-refractivity contribution in [1.29, 1.82) is 0 Å². The monoisotopic (exact) mass is 287 g/mol. The highest BCUT2D eigenvalue weighted by atomic mass is 79.9. The van der Waals surface area contributed by atoms with Gasteiger partial charge in [-0.25, -0.2) is 4.39 Å². The summed E-state index contributed by atoms with van der Waals surface area (Å²) in [6.07, 6.45) is 1.56. The van der Waals surface area contributed by atoms with Crippen LogP contribution < -0.4 is 0 Å². The van der Waals surface area contributed by atoms with Crippen LogP contribution in [0, 0.1) is 5.82 Å². The van der Waals surface area contributed by atoms with Crippen LogP contribution in [0.2, 0.25) is 0 Å². The van der Waals surface area contributed by atoms with Crippen LogP contribution in [0.1, 0.15) is 5.56 Å². The molecule has 0 aliphatic rings. The van der Waals surface area contributed by atoms with E-state index in [0.717, 1.165) is 0 Å². The largest absolute Gasteiger partial charge is 0.411 e. The molecule has 0 bridgehead atoms. The fourth-order valence-electron chi connectivity index (χ4n) is 1.12. The number of ether oxygens (including phenoxy) is 1. The zero-order chi connectivity index (χ0) is 12.0. The molecule has 1 aromatic carbocycles. The lowest BCUT2D eigenvalue weighted by atomic mass is 10.1. The van der Waals surface area contributed by atoms with Crippen molar-refractivity contribution >= 4 is 21.6 Å². The molecule has 1 rings (SSSR count). The average molecular weight is 288 g/mol. The van der Waals surface area contributed by atoms with Crippen LogP contribution in [0.25, 0.3) is 0 Å².